The second kappa shape index (κ2) is 3.57. The van der Waals surface area contributed by atoms with Crippen LogP contribution < -0.4 is 4.90 Å². The molecular weight excluding hydrogens is 186 g/mol. The third-order valence-corrected chi connectivity index (χ3v) is 3.08. The van der Waals surface area contributed by atoms with E-state index in [-0.39, 0.29) is 0 Å². The summed E-state index contributed by atoms with van der Waals surface area (Å²) in [5.74, 6) is 1.24. The van der Waals surface area contributed by atoms with Crippen LogP contribution in [0.1, 0.15) is 19.3 Å². The first-order valence-corrected chi connectivity index (χ1v) is 5.62. The summed E-state index contributed by atoms with van der Waals surface area (Å²) in [7, 11) is 0. The highest BCUT2D eigenvalue weighted by atomic mass is 15.2. The van der Waals surface area contributed by atoms with Crippen molar-refractivity contribution in [2.24, 2.45) is 0 Å². The summed E-state index contributed by atoms with van der Waals surface area (Å²) in [6.07, 6.45) is 8.06. The number of hydrogen-bond acceptors (Lipinski definition) is 2. The van der Waals surface area contributed by atoms with Crippen molar-refractivity contribution in [1.82, 2.24) is 9.38 Å². The Bertz CT molecular complexity index is 455. The fraction of sp³-hybridized carbons (Fsp3) is 0.417. The Kier molecular flexibility index (Phi) is 2.09. The second-order valence-electron chi connectivity index (χ2n) is 4.09. The molecule has 0 atom stereocenters. The van der Waals surface area contributed by atoms with Gasteiger partial charge in [0.25, 0.3) is 0 Å². The zero-order valence-electron chi connectivity index (χ0n) is 8.76. The van der Waals surface area contributed by atoms with Gasteiger partial charge in [0.15, 0.2) is 0 Å². The highest BCUT2D eigenvalue weighted by Crippen LogP contribution is 2.20. The molecule has 15 heavy (non-hydrogen) atoms. The standard InChI is InChI=1S/C12H15N3/c1-3-7-14(8-4-1)12-10-13-11-6-2-5-9-15(11)12/h2,5-6,9-10H,1,3-4,7-8H2. The van der Waals surface area contributed by atoms with Gasteiger partial charge in [-0.1, -0.05) is 6.07 Å². The first-order chi connectivity index (χ1) is 7.45. The molecule has 0 bridgehead atoms. The molecule has 1 aliphatic heterocycles. The van der Waals surface area contributed by atoms with E-state index in [4.69, 9.17) is 0 Å². The van der Waals surface area contributed by atoms with E-state index in [9.17, 15) is 0 Å². The molecule has 0 saturated carbocycles. The van der Waals surface area contributed by atoms with E-state index in [0.717, 1.165) is 5.65 Å². The van der Waals surface area contributed by atoms with Gasteiger partial charge in [-0.25, -0.2) is 4.98 Å². The fourth-order valence-corrected chi connectivity index (χ4v) is 2.28. The third kappa shape index (κ3) is 1.48. The van der Waals surface area contributed by atoms with Crippen LogP contribution in [0.2, 0.25) is 0 Å². The quantitative estimate of drug-likeness (QED) is 0.706. The highest BCUT2D eigenvalue weighted by Gasteiger charge is 2.14. The molecule has 3 heteroatoms. The lowest BCUT2D eigenvalue weighted by atomic mass is 10.1. The van der Waals surface area contributed by atoms with Crippen molar-refractivity contribution in [3.63, 3.8) is 0 Å². The maximum Gasteiger partial charge on any atom is 0.138 e. The van der Waals surface area contributed by atoms with Crippen LogP contribution in [0.4, 0.5) is 5.82 Å². The van der Waals surface area contributed by atoms with E-state index in [1.807, 2.05) is 18.3 Å². The van der Waals surface area contributed by atoms with E-state index in [2.05, 4.69) is 26.5 Å². The minimum Gasteiger partial charge on any atom is -0.356 e. The van der Waals surface area contributed by atoms with Crippen LogP contribution in [0, 0.1) is 0 Å². The minimum atomic E-state index is 1.04. The van der Waals surface area contributed by atoms with Crippen molar-refractivity contribution in [2.75, 3.05) is 18.0 Å². The predicted octanol–water partition coefficient (Wildman–Crippen LogP) is 2.32. The summed E-state index contributed by atoms with van der Waals surface area (Å²) in [5.41, 5.74) is 1.04. The normalized spacial score (nSPS) is 17.2. The molecule has 0 spiro atoms. The monoisotopic (exact) mass is 201 g/mol. The van der Waals surface area contributed by atoms with Crippen LogP contribution in [0.25, 0.3) is 5.65 Å². The van der Waals surface area contributed by atoms with Gasteiger partial charge in [-0.05, 0) is 31.4 Å². The van der Waals surface area contributed by atoms with Crippen molar-refractivity contribution in [3.05, 3.63) is 30.6 Å². The van der Waals surface area contributed by atoms with Crippen LogP contribution in [0.15, 0.2) is 30.6 Å². The molecule has 0 aromatic carbocycles. The number of nitrogens with zero attached hydrogens (tertiary/aromatic N) is 3. The molecule has 0 N–H and O–H groups in total. The Morgan fingerprint density at radius 1 is 1.07 bits per heavy atom. The number of hydrogen-bond donors (Lipinski definition) is 0. The smallest absolute Gasteiger partial charge is 0.138 e. The van der Waals surface area contributed by atoms with Crippen LogP contribution in [0.3, 0.4) is 0 Å². The van der Waals surface area contributed by atoms with Gasteiger partial charge < -0.3 is 4.90 Å². The molecule has 1 aliphatic rings. The zero-order chi connectivity index (χ0) is 10.1. The fourth-order valence-electron chi connectivity index (χ4n) is 2.28. The van der Waals surface area contributed by atoms with Crippen LogP contribution in [0.5, 0.6) is 0 Å². The second-order valence-corrected chi connectivity index (χ2v) is 4.09. The lowest BCUT2D eigenvalue weighted by Gasteiger charge is -2.27. The van der Waals surface area contributed by atoms with Crippen LogP contribution >= 0.6 is 0 Å². The highest BCUT2D eigenvalue weighted by molar-refractivity contribution is 5.51. The summed E-state index contributed by atoms with van der Waals surface area (Å²) >= 11 is 0. The maximum atomic E-state index is 4.42. The van der Waals surface area contributed by atoms with E-state index in [1.165, 1.54) is 38.2 Å². The SMILES string of the molecule is c1ccn2c(N3CCCCC3)cnc2c1. The zero-order valence-corrected chi connectivity index (χ0v) is 8.76. The summed E-state index contributed by atoms with van der Waals surface area (Å²) in [6.45, 7) is 2.34. The van der Waals surface area contributed by atoms with Gasteiger partial charge in [-0.3, -0.25) is 4.40 Å². The Labute approximate surface area is 89.3 Å². The number of imidazole rings is 1. The van der Waals surface area contributed by atoms with Gasteiger partial charge >= 0.3 is 0 Å². The van der Waals surface area contributed by atoms with Crippen LogP contribution in [-0.2, 0) is 0 Å². The van der Waals surface area contributed by atoms with E-state index in [0.29, 0.717) is 0 Å². The third-order valence-electron chi connectivity index (χ3n) is 3.08. The van der Waals surface area contributed by atoms with Gasteiger partial charge in [0.05, 0.1) is 6.20 Å². The Morgan fingerprint density at radius 2 is 1.93 bits per heavy atom. The van der Waals surface area contributed by atoms with Crippen molar-refractivity contribution < 1.29 is 0 Å². The molecule has 2 aromatic rings. The van der Waals surface area contributed by atoms with Crippen molar-refractivity contribution in [1.29, 1.82) is 0 Å². The van der Waals surface area contributed by atoms with Crippen molar-refractivity contribution in [2.45, 2.75) is 19.3 Å². The summed E-state index contributed by atoms with van der Waals surface area (Å²) < 4.78 is 2.17. The molecule has 1 saturated heterocycles. The van der Waals surface area contributed by atoms with Crippen LogP contribution in [-0.4, -0.2) is 22.5 Å². The Balaban J connectivity index is 2.02. The molecule has 3 rings (SSSR count). The first-order valence-electron chi connectivity index (χ1n) is 5.62. The van der Waals surface area contributed by atoms with E-state index < -0.39 is 0 Å². The molecular formula is C12H15N3. The Morgan fingerprint density at radius 3 is 2.80 bits per heavy atom. The van der Waals surface area contributed by atoms with Crippen molar-refractivity contribution in [3.8, 4) is 0 Å². The predicted molar refractivity (Wildman–Crippen MR) is 61.3 cm³/mol. The number of fused-ring (bicyclic) bond motifs is 1. The number of rotatable bonds is 1. The van der Waals surface area contributed by atoms with E-state index >= 15 is 0 Å². The number of pyridine rings is 1. The summed E-state index contributed by atoms with van der Waals surface area (Å²) in [4.78, 5) is 6.85. The molecule has 0 radical (unpaired) electrons. The van der Waals surface area contributed by atoms with Crippen molar-refractivity contribution >= 4 is 11.5 Å². The van der Waals surface area contributed by atoms with E-state index in [1.54, 1.807) is 0 Å². The molecule has 0 unspecified atom stereocenters. The molecule has 0 amide bonds. The average molecular weight is 201 g/mol. The molecule has 2 aromatic heterocycles. The molecule has 1 fully saturated rings. The average Bonchev–Trinajstić information content (AvgIpc) is 2.74. The minimum absolute atomic E-state index is 1.04. The topological polar surface area (TPSA) is 20.5 Å². The number of piperidine rings is 1. The molecule has 3 heterocycles. The lowest BCUT2D eigenvalue weighted by Crippen LogP contribution is -2.30. The van der Waals surface area contributed by atoms with Gasteiger partial charge in [0.1, 0.15) is 11.5 Å². The molecule has 0 aliphatic carbocycles. The molecule has 78 valence electrons. The largest absolute Gasteiger partial charge is 0.356 e. The first kappa shape index (κ1) is 8.77. The maximum absolute atomic E-state index is 4.42. The number of anilines is 1. The van der Waals surface area contributed by atoms with Gasteiger partial charge in [0.2, 0.25) is 0 Å². The number of aromatic nitrogens is 2. The summed E-state index contributed by atoms with van der Waals surface area (Å²) in [5, 5.41) is 0. The van der Waals surface area contributed by atoms with Gasteiger partial charge in [-0.15, -0.1) is 0 Å². The summed E-state index contributed by atoms with van der Waals surface area (Å²) in [6, 6.07) is 6.14. The molecule has 3 nitrogen and oxygen atoms in total. The van der Waals surface area contributed by atoms with Gasteiger partial charge in [-0.2, -0.15) is 0 Å². The Hall–Kier alpha value is -1.51. The lowest BCUT2D eigenvalue weighted by molar-refractivity contribution is 0.572. The van der Waals surface area contributed by atoms with Gasteiger partial charge in [0, 0.05) is 19.3 Å².